The summed E-state index contributed by atoms with van der Waals surface area (Å²) in [4.78, 5) is 16.0. The smallest absolute Gasteiger partial charge is 0.183 e. The summed E-state index contributed by atoms with van der Waals surface area (Å²) in [6, 6.07) is 0. The normalized spacial score (nSPS) is 9.92. The van der Waals surface area contributed by atoms with Crippen molar-refractivity contribution in [1.82, 2.24) is 4.98 Å². The van der Waals surface area contributed by atoms with Gasteiger partial charge in [-0.1, -0.05) is 27.3 Å². The van der Waals surface area contributed by atoms with Gasteiger partial charge in [0.25, 0.3) is 0 Å². The maximum atomic E-state index is 11.1. The van der Waals surface area contributed by atoms with E-state index in [4.69, 9.17) is 0 Å². The molecule has 1 N–H and O–H groups in total. The van der Waals surface area contributed by atoms with Gasteiger partial charge in [-0.2, -0.15) is 0 Å². The van der Waals surface area contributed by atoms with Crippen molar-refractivity contribution in [2.45, 2.75) is 12.3 Å². The van der Waals surface area contributed by atoms with Crippen LogP contribution in [-0.2, 0) is 5.33 Å². The Morgan fingerprint density at radius 2 is 2.42 bits per heavy atom. The number of alkyl halides is 1. The predicted molar refractivity (Wildman–Crippen MR) is 54.3 cm³/mol. The van der Waals surface area contributed by atoms with E-state index in [1.165, 1.54) is 11.3 Å². The number of hydrogen-bond donors (Lipinski definition) is 1. The van der Waals surface area contributed by atoms with Crippen LogP contribution in [0.15, 0.2) is 0 Å². The van der Waals surface area contributed by atoms with Gasteiger partial charge >= 0.3 is 0 Å². The highest BCUT2D eigenvalue weighted by Crippen LogP contribution is 2.24. The molecule has 5 heteroatoms. The topological polar surface area (TPSA) is 42.0 Å². The standard InChI is InChI=1S/C7H9BrN2OS/c1-4(11)6-5(3-8)10-7(9-2)12-6/h3H2,1-2H3,(H,9,10). The molecule has 66 valence electrons. The Kier molecular flexibility index (Phi) is 3.22. The summed E-state index contributed by atoms with van der Waals surface area (Å²) in [6.07, 6.45) is 0. The summed E-state index contributed by atoms with van der Waals surface area (Å²) >= 11 is 4.67. The minimum absolute atomic E-state index is 0.0726. The molecule has 1 rings (SSSR count). The first kappa shape index (κ1) is 9.67. The average Bonchev–Trinajstić information content (AvgIpc) is 2.47. The highest BCUT2D eigenvalue weighted by Gasteiger charge is 2.12. The van der Waals surface area contributed by atoms with Gasteiger partial charge in [-0.25, -0.2) is 4.98 Å². The summed E-state index contributed by atoms with van der Waals surface area (Å²) < 4.78 is 0. The van der Waals surface area contributed by atoms with E-state index in [1.54, 1.807) is 14.0 Å². The number of anilines is 1. The fraction of sp³-hybridized carbons (Fsp3) is 0.429. The monoisotopic (exact) mass is 248 g/mol. The minimum Gasteiger partial charge on any atom is -0.365 e. The van der Waals surface area contributed by atoms with Crippen LogP contribution >= 0.6 is 27.3 Å². The Morgan fingerprint density at radius 1 is 1.75 bits per heavy atom. The lowest BCUT2D eigenvalue weighted by atomic mass is 10.3. The van der Waals surface area contributed by atoms with E-state index in [0.29, 0.717) is 5.33 Å². The molecule has 0 amide bonds. The van der Waals surface area contributed by atoms with Crippen molar-refractivity contribution >= 4 is 38.2 Å². The first-order valence-corrected chi connectivity index (χ1v) is 5.37. The van der Waals surface area contributed by atoms with Crippen molar-refractivity contribution in [1.29, 1.82) is 0 Å². The van der Waals surface area contributed by atoms with Crippen molar-refractivity contribution in [2.24, 2.45) is 0 Å². The quantitative estimate of drug-likeness (QED) is 0.660. The van der Waals surface area contributed by atoms with E-state index in [-0.39, 0.29) is 5.78 Å². The van der Waals surface area contributed by atoms with Crippen LogP contribution in [0, 0.1) is 0 Å². The number of thiazole rings is 1. The lowest BCUT2D eigenvalue weighted by molar-refractivity contribution is 0.102. The van der Waals surface area contributed by atoms with Gasteiger partial charge in [0.15, 0.2) is 10.9 Å². The van der Waals surface area contributed by atoms with Crippen molar-refractivity contribution in [3.05, 3.63) is 10.6 Å². The zero-order valence-electron chi connectivity index (χ0n) is 6.85. The van der Waals surface area contributed by atoms with Gasteiger partial charge in [0.1, 0.15) is 0 Å². The molecule has 0 atom stereocenters. The van der Waals surface area contributed by atoms with Crippen LogP contribution in [0.4, 0.5) is 5.13 Å². The van der Waals surface area contributed by atoms with Crippen LogP contribution in [0.1, 0.15) is 22.3 Å². The van der Waals surface area contributed by atoms with Gasteiger partial charge in [-0.05, 0) is 0 Å². The summed E-state index contributed by atoms with van der Waals surface area (Å²) in [7, 11) is 1.79. The molecule has 0 fully saturated rings. The molecule has 1 aromatic rings. The van der Waals surface area contributed by atoms with E-state index in [2.05, 4.69) is 26.2 Å². The van der Waals surface area contributed by atoms with E-state index in [0.717, 1.165) is 15.7 Å². The summed E-state index contributed by atoms with van der Waals surface area (Å²) in [5.41, 5.74) is 0.817. The number of aromatic nitrogens is 1. The minimum atomic E-state index is 0.0726. The Morgan fingerprint density at radius 3 is 2.75 bits per heavy atom. The van der Waals surface area contributed by atoms with Crippen LogP contribution in [-0.4, -0.2) is 17.8 Å². The molecule has 0 radical (unpaired) electrons. The number of hydrogen-bond acceptors (Lipinski definition) is 4. The molecule has 3 nitrogen and oxygen atoms in total. The first-order chi connectivity index (χ1) is 5.69. The molecule has 0 spiro atoms. The summed E-state index contributed by atoms with van der Waals surface area (Å²) in [6.45, 7) is 1.55. The predicted octanol–water partition coefficient (Wildman–Crippen LogP) is 2.28. The van der Waals surface area contributed by atoms with Gasteiger partial charge in [-0.15, -0.1) is 0 Å². The Hall–Kier alpha value is -0.420. The average molecular weight is 249 g/mol. The number of carbonyl (C=O) groups excluding carboxylic acids is 1. The molecule has 0 bridgehead atoms. The third kappa shape index (κ3) is 1.84. The number of ketones is 1. The van der Waals surface area contributed by atoms with Crippen molar-refractivity contribution in [2.75, 3.05) is 12.4 Å². The zero-order valence-corrected chi connectivity index (χ0v) is 9.25. The molecule has 0 aliphatic heterocycles. The van der Waals surface area contributed by atoms with E-state index < -0.39 is 0 Å². The number of carbonyl (C=O) groups is 1. The number of nitrogens with zero attached hydrogens (tertiary/aromatic N) is 1. The number of Topliss-reactive ketones (excluding diaryl/α,β-unsaturated/α-hetero) is 1. The van der Waals surface area contributed by atoms with Gasteiger partial charge in [0, 0.05) is 19.3 Å². The molecule has 0 saturated heterocycles. The highest BCUT2D eigenvalue weighted by molar-refractivity contribution is 9.08. The fourth-order valence-corrected chi connectivity index (χ4v) is 2.25. The van der Waals surface area contributed by atoms with Crippen LogP contribution in [0.25, 0.3) is 0 Å². The molecule has 1 heterocycles. The molecular weight excluding hydrogens is 240 g/mol. The van der Waals surface area contributed by atoms with Crippen molar-refractivity contribution in [3.63, 3.8) is 0 Å². The van der Waals surface area contributed by atoms with Crippen LogP contribution in [0.5, 0.6) is 0 Å². The lowest BCUT2D eigenvalue weighted by Crippen LogP contribution is -1.92. The Balaban J connectivity index is 3.08. The van der Waals surface area contributed by atoms with E-state index in [9.17, 15) is 4.79 Å². The second-order valence-electron chi connectivity index (χ2n) is 2.23. The maximum absolute atomic E-state index is 11.1. The van der Waals surface area contributed by atoms with Crippen LogP contribution in [0.3, 0.4) is 0 Å². The Labute approximate surface area is 83.3 Å². The van der Waals surface area contributed by atoms with Gasteiger partial charge in [0.05, 0.1) is 10.6 Å². The van der Waals surface area contributed by atoms with Gasteiger partial charge in [-0.3, -0.25) is 4.79 Å². The molecule has 0 unspecified atom stereocenters. The molecule has 0 aliphatic carbocycles. The molecule has 0 aromatic carbocycles. The van der Waals surface area contributed by atoms with E-state index >= 15 is 0 Å². The largest absolute Gasteiger partial charge is 0.365 e. The van der Waals surface area contributed by atoms with Gasteiger partial charge < -0.3 is 5.32 Å². The zero-order chi connectivity index (χ0) is 9.14. The maximum Gasteiger partial charge on any atom is 0.183 e. The van der Waals surface area contributed by atoms with Crippen LogP contribution < -0.4 is 5.32 Å². The van der Waals surface area contributed by atoms with Crippen molar-refractivity contribution < 1.29 is 4.79 Å². The summed E-state index contributed by atoms with van der Waals surface area (Å²) in [5.74, 6) is 0.0726. The third-order valence-electron chi connectivity index (χ3n) is 1.36. The Bertz CT molecular complexity index is 298. The number of halogens is 1. The van der Waals surface area contributed by atoms with E-state index in [1.807, 2.05) is 0 Å². The fourth-order valence-electron chi connectivity index (χ4n) is 0.824. The number of rotatable bonds is 3. The number of nitrogens with one attached hydrogen (secondary N) is 1. The second-order valence-corrected chi connectivity index (χ2v) is 3.79. The SMILES string of the molecule is CNc1nc(CBr)c(C(C)=O)s1. The lowest BCUT2D eigenvalue weighted by Gasteiger charge is -1.89. The molecule has 12 heavy (non-hydrogen) atoms. The second kappa shape index (κ2) is 4.00. The third-order valence-corrected chi connectivity index (χ3v) is 3.10. The molecular formula is C7H9BrN2OS. The van der Waals surface area contributed by atoms with Crippen LogP contribution in [0.2, 0.25) is 0 Å². The van der Waals surface area contributed by atoms with Crippen molar-refractivity contribution in [3.8, 4) is 0 Å². The van der Waals surface area contributed by atoms with Gasteiger partial charge in [0.2, 0.25) is 0 Å². The first-order valence-electron chi connectivity index (χ1n) is 3.43. The molecule has 0 saturated carbocycles. The summed E-state index contributed by atoms with van der Waals surface area (Å²) in [5, 5.41) is 4.32. The molecule has 1 aromatic heterocycles. The molecule has 0 aliphatic rings. The highest BCUT2D eigenvalue weighted by atomic mass is 79.9.